The first-order valence-electron chi connectivity index (χ1n) is 8.31. The zero-order valence-electron chi connectivity index (χ0n) is 13.2. The molecule has 0 unspecified atom stereocenters. The van der Waals surface area contributed by atoms with Crippen LogP contribution >= 0.6 is 0 Å². The van der Waals surface area contributed by atoms with Crippen molar-refractivity contribution in [2.45, 2.75) is 38.0 Å². The largest absolute Gasteiger partial charge is 0.343 e. The molecule has 0 radical (unpaired) electrons. The lowest BCUT2D eigenvalue weighted by Gasteiger charge is -2.32. The number of carbonyl (C=O) groups excluding carboxylic acids is 3. The zero-order valence-corrected chi connectivity index (χ0v) is 13.2. The quantitative estimate of drug-likeness (QED) is 0.798. The molecule has 5 heteroatoms. The highest BCUT2D eigenvalue weighted by Crippen LogP contribution is 2.28. The lowest BCUT2D eigenvalue weighted by Crippen LogP contribution is -2.40. The molecule has 2 aliphatic rings. The highest BCUT2D eigenvalue weighted by molar-refractivity contribution is 6.02. The third-order valence-corrected chi connectivity index (χ3v) is 4.82. The topological polar surface area (TPSA) is 57.7 Å². The normalized spacial score (nSPS) is 19.5. The first kappa shape index (κ1) is 15.7. The van der Waals surface area contributed by atoms with E-state index in [1.165, 1.54) is 10.5 Å². The number of hydrogen-bond acceptors (Lipinski definition) is 3. The Kier molecular flexibility index (Phi) is 4.74. The summed E-state index contributed by atoms with van der Waals surface area (Å²) < 4.78 is 0. The summed E-state index contributed by atoms with van der Waals surface area (Å²) in [6, 6.07) is 10.4. The number of nitrogens with zero attached hydrogens (tertiary/aromatic N) is 2. The van der Waals surface area contributed by atoms with E-state index in [0.29, 0.717) is 5.92 Å². The number of amides is 3. The molecule has 5 nitrogen and oxygen atoms in total. The van der Waals surface area contributed by atoms with Crippen LogP contribution in [0.25, 0.3) is 0 Å². The fourth-order valence-electron chi connectivity index (χ4n) is 3.43. The first-order chi connectivity index (χ1) is 11.1. The lowest BCUT2D eigenvalue weighted by atomic mass is 9.89. The molecular formula is C18H22N2O3. The highest BCUT2D eigenvalue weighted by Gasteiger charge is 2.30. The molecule has 0 spiro atoms. The molecule has 1 aromatic rings. The number of hydrogen-bond donors (Lipinski definition) is 0. The maximum absolute atomic E-state index is 12.3. The summed E-state index contributed by atoms with van der Waals surface area (Å²) in [5.74, 6) is 0.266. The summed E-state index contributed by atoms with van der Waals surface area (Å²) in [6.07, 6.45) is 2.76. The monoisotopic (exact) mass is 314 g/mol. The van der Waals surface area contributed by atoms with Gasteiger partial charge in [0.05, 0.1) is 0 Å². The predicted octanol–water partition coefficient (Wildman–Crippen LogP) is 1.93. The van der Waals surface area contributed by atoms with E-state index in [0.717, 1.165) is 25.9 Å². The average molecular weight is 314 g/mol. The lowest BCUT2D eigenvalue weighted by molar-refractivity contribution is -0.139. The van der Waals surface area contributed by atoms with Crippen molar-refractivity contribution < 1.29 is 14.4 Å². The zero-order chi connectivity index (χ0) is 16.2. The Morgan fingerprint density at radius 3 is 2.22 bits per heavy atom. The standard InChI is InChI=1S/C18H22N2O3/c21-16(10-13-20-17(22)6-7-18(20)23)19-11-8-15(9-12-19)14-4-2-1-3-5-14/h1-5,15H,6-13H2. The van der Waals surface area contributed by atoms with E-state index in [9.17, 15) is 14.4 Å². The number of rotatable bonds is 4. The molecule has 2 aliphatic heterocycles. The van der Waals surface area contributed by atoms with Gasteiger partial charge in [-0.3, -0.25) is 19.3 Å². The van der Waals surface area contributed by atoms with Crippen molar-refractivity contribution in [1.82, 2.24) is 9.80 Å². The summed E-state index contributed by atoms with van der Waals surface area (Å²) in [7, 11) is 0. The molecule has 122 valence electrons. The van der Waals surface area contributed by atoms with Gasteiger partial charge >= 0.3 is 0 Å². The van der Waals surface area contributed by atoms with Gasteiger partial charge in [-0.25, -0.2) is 0 Å². The van der Waals surface area contributed by atoms with Crippen LogP contribution in [0.1, 0.15) is 43.6 Å². The fourth-order valence-corrected chi connectivity index (χ4v) is 3.43. The summed E-state index contributed by atoms with van der Waals surface area (Å²) in [5, 5.41) is 0. The molecule has 3 amide bonds. The molecule has 0 saturated carbocycles. The van der Waals surface area contributed by atoms with Crippen molar-refractivity contribution in [3.63, 3.8) is 0 Å². The van der Waals surface area contributed by atoms with E-state index in [2.05, 4.69) is 24.3 Å². The Morgan fingerprint density at radius 1 is 1.00 bits per heavy atom. The second-order valence-electron chi connectivity index (χ2n) is 6.25. The molecule has 2 fully saturated rings. The maximum Gasteiger partial charge on any atom is 0.229 e. The van der Waals surface area contributed by atoms with E-state index in [4.69, 9.17) is 0 Å². The predicted molar refractivity (Wildman–Crippen MR) is 85.6 cm³/mol. The smallest absolute Gasteiger partial charge is 0.229 e. The average Bonchev–Trinajstić information content (AvgIpc) is 2.92. The minimum absolute atomic E-state index is 0.0454. The Morgan fingerprint density at radius 2 is 1.61 bits per heavy atom. The summed E-state index contributed by atoms with van der Waals surface area (Å²) in [5.41, 5.74) is 1.34. The van der Waals surface area contributed by atoms with Crippen LogP contribution in [0.5, 0.6) is 0 Å². The van der Waals surface area contributed by atoms with Gasteiger partial charge in [0.2, 0.25) is 17.7 Å². The Labute approximate surface area is 136 Å². The van der Waals surface area contributed by atoms with Gasteiger partial charge in [0.1, 0.15) is 0 Å². The third-order valence-electron chi connectivity index (χ3n) is 4.82. The highest BCUT2D eigenvalue weighted by atomic mass is 16.2. The fraction of sp³-hybridized carbons (Fsp3) is 0.500. The minimum Gasteiger partial charge on any atom is -0.343 e. The Bertz CT molecular complexity index is 576. The van der Waals surface area contributed by atoms with Crippen LogP contribution in [0.4, 0.5) is 0 Å². The second kappa shape index (κ2) is 6.94. The van der Waals surface area contributed by atoms with Crippen molar-refractivity contribution in [3.05, 3.63) is 35.9 Å². The molecule has 0 bridgehead atoms. The van der Waals surface area contributed by atoms with Crippen LogP contribution in [-0.2, 0) is 14.4 Å². The third kappa shape index (κ3) is 3.60. The molecule has 0 atom stereocenters. The molecule has 1 aromatic carbocycles. The van der Waals surface area contributed by atoms with Crippen molar-refractivity contribution in [1.29, 1.82) is 0 Å². The Hall–Kier alpha value is -2.17. The van der Waals surface area contributed by atoms with Crippen molar-refractivity contribution >= 4 is 17.7 Å². The van der Waals surface area contributed by atoms with E-state index >= 15 is 0 Å². The van der Waals surface area contributed by atoms with Crippen molar-refractivity contribution in [2.75, 3.05) is 19.6 Å². The van der Waals surface area contributed by atoms with Crippen molar-refractivity contribution in [2.24, 2.45) is 0 Å². The summed E-state index contributed by atoms with van der Waals surface area (Å²) in [4.78, 5) is 38.5. The first-order valence-corrected chi connectivity index (χ1v) is 8.31. The van der Waals surface area contributed by atoms with E-state index in [1.54, 1.807) is 0 Å². The number of imide groups is 1. The molecule has 3 rings (SSSR count). The second-order valence-corrected chi connectivity index (χ2v) is 6.25. The van der Waals surface area contributed by atoms with Gasteiger partial charge in [0.15, 0.2) is 0 Å². The molecule has 23 heavy (non-hydrogen) atoms. The van der Waals surface area contributed by atoms with Gasteiger partial charge in [-0.15, -0.1) is 0 Å². The SMILES string of the molecule is O=C(CCN1C(=O)CCC1=O)N1CCC(c2ccccc2)CC1. The van der Waals surface area contributed by atoms with E-state index < -0.39 is 0 Å². The molecule has 0 aromatic heterocycles. The van der Waals surface area contributed by atoms with Crippen molar-refractivity contribution in [3.8, 4) is 0 Å². The van der Waals surface area contributed by atoms with Crippen LogP contribution in [0.3, 0.4) is 0 Å². The number of benzene rings is 1. The molecular weight excluding hydrogens is 292 g/mol. The van der Waals surface area contributed by atoms with Crippen LogP contribution in [0.15, 0.2) is 30.3 Å². The van der Waals surface area contributed by atoms with Gasteiger partial charge in [0, 0.05) is 38.9 Å². The summed E-state index contributed by atoms with van der Waals surface area (Å²) in [6.45, 7) is 1.73. The Balaban J connectivity index is 1.47. The molecule has 2 heterocycles. The van der Waals surface area contributed by atoms with Gasteiger partial charge < -0.3 is 4.90 Å². The van der Waals surface area contributed by atoms with Gasteiger partial charge in [-0.2, -0.15) is 0 Å². The number of likely N-dealkylation sites (tertiary alicyclic amines) is 2. The molecule has 0 N–H and O–H groups in total. The van der Waals surface area contributed by atoms with Gasteiger partial charge in [0.25, 0.3) is 0 Å². The van der Waals surface area contributed by atoms with E-state index in [1.807, 2.05) is 11.0 Å². The number of piperidine rings is 1. The van der Waals surface area contributed by atoms with Gasteiger partial charge in [-0.05, 0) is 24.3 Å². The van der Waals surface area contributed by atoms with Gasteiger partial charge in [-0.1, -0.05) is 30.3 Å². The maximum atomic E-state index is 12.3. The van der Waals surface area contributed by atoms with Crippen LogP contribution in [-0.4, -0.2) is 47.2 Å². The van der Waals surface area contributed by atoms with Crippen LogP contribution < -0.4 is 0 Å². The minimum atomic E-state index is -0.148. The van der Waals surface area contributed by atoms with Crippen LogP contribution in [0, 0.1) is 0 Å². The molecule has 2 saturated heterocycles. The van der Waals surface area contributed by atoms with E-state index in [-0.39, 0.29) is 43.5 Å². The summed E-state index contributed by atoms with van der Waals surface area (Å²) >= 11 is 0. The van der Waals surface area contributed by atoms with Crippen LogP contribution in [0.2, 0.25) is 0 Å². The number of carbonyl (C=O) groups is 3. The molecule has 0 aliphatic carbocycles.